The van der Waals surface area contributed by atoms with E-state index in [-0.39, 0.29) is 6.61 Å². The first-order valence-electron chi connectivity index (χ1n) is 11.7. The Morgan fingerprint density at radius 1 is 0.938 bits per heavy atom. The van der Waals surface area contributed by atoms with Gasteiger partial charge in [-0.05, 0) is 48.4 Å². The monoisotopic (exact) mass is 442 g/mol. The number of hydrogen-bond donors (Lipinski definition) is 2. The summed E-state index contributed by atoms with van der Waals surface area (Å²) in [5.41, 5.74) is 8.16. The molecule has 2 aromatic rings. The van der Waals surface area contributed by atoms with Crippen LogP contribution in [0.15, 0.2) is 54.6 Å². The summed E-state index contributed by atoms with van der Waals surface area (Å²) in [7, 11) is 0. The van der Waals surface area contributed by atoms with Gasteiger partial charge in [0.1, 0.15) is 18.5 Å². The van der Waals surface area contributed by atoms with Crippen molar-refractivity contribution in [3.63, 3.8) is 0 Å². The van der Waals surface area contributed by atoms with Crippen LogP contribution in [0, 0.1) is 5.92 Å². The maximum atomic E-state index is 10.4. The average molecular weight is 443 g/mol. The molecule has 32 heavy (non-hydrogen) atoms. The van der Waals surface area contributed by atoms with Crippen LogP contribution >= 0.6 is 0 Å². The van der Waals surface area contributed by atoms with E-state index in [1.807, 2.05) is 42.5 Å². The van der Waals surface area contributed by atoms with Crippen LogP contribution in [0.25, 0.3) is 0 Å². The minimum Gasteiger partial charge on any atom is -0.491 e. The van der Waals surface area contributed by atoms with Crippen LogP contribution in [-0.2, 0) is 22.4 Å². The van der Waals surface area contributed by atoms with E-state index < -0.39 is 6.10 Å². The van der Waals surface area contributed by atoms with Gasteiger partial charge in [-0.3, -0.25) is 4.90 Å². The molecule has 0 spiro atoms. The number of aliphatic hydroxyl groups is 1. The van der Waals surface area contributed by atoms with E-state index in [0.717, 1.165) is 37.8 Å². The number of aliphatic hydroxyl groups excluding tert-OH is 1. The molecule has 0 radical (unpaired) electrons. The zero-order chi connectivity index (χ0) is 22.4. The standard InChI is InChI=1S/C26H38N2O4/c27-13-14-28(18-23-4-2-1-3-5-23)19-25(29)21-32-26-10-8-22(9-11-26)12-15-30-16-17-31-20-24-6-7-24/h1-5,8-11,24-25,29H,6-7,12-21,27H2/t25-/m0/s1. The van der Waals surface area contributed by atoms with Crippen molar-refractivity contribution >= 4 is 0 Å². The normalized spacial score (nSPS) is 14.6. The van der Waals surface area contributed by atoms with Crippen LogP contribution in [0.5, 0.6) is 5.75 Å². The lowest BCUT2D eigenvalue weighted by molar-refractivity contribution is 0.0448. The Hall–Kier alpha value is -1.96. The average Bonchev–Trinajstić information content (AvgIpc) is 3.63. The van der Waals surface area contributed by atoms with Gasteiger partial charge in [0.2, 0.25) is 0 Å². The Morgan fingerprint density at radius 2 is 1.69 bits per heavy atom. The lowest BCUT2D eigenvalue weighted by Crippen LogP contribution is -2.38. The van der Waals surface area contributed by atoms with Gasteiger partial charge in [0.05, 0.1) is 19.8 Å². The molecule has 6 nitrogen and oxygen atoms in total. The minimum absolute atomic E-state index is 0.249. The molecule has 1 aliphatic carbocycles. The molecule has 0 amide bonds. The number of ether oxygens (including phenoxy) is 3. The molecule has 0 unspecified atom stereocenters. The van der Waals surface area contributed by atoms with Crippen LogP contribution < -0.4 is 10.5 Å². The fraction of sp³-hybridized carbons (Fsp3) is 0.538. The van der Waals surface area contributed by atoms with E-state index in [1.165, 1.54) is 24.0 Å². The molecule has 2 aromatic carbocycles. The topological polar surface area (TPSA) is 77.2 Å². The van der Waals surface area contributed by atoms with E-state index >= 15 is 0 Å². The van der Waals surface area contributed by atoms with Gasteiger partial charge in [-0.1, -0.05) is 42.5 Å². The van der Waals surface area contributed by atoms with Crippen molar-refractivity contribution in [1.29, 1.82) is 0 Å². The van der Waals surface area contributed by atoms with Gasteiger partial charge in [0.15, 0.2) is 0 Å². The predicted octanol–water partition coefficient (Wildman–Crippen LogP) is 2.87. The Kier molecular flexibility index (Phi) is 11.0. The molecule has 0 bridgehead atoms. The summed E-state index contributed by atoms with van der Waals surface area (Å²) in [5, 5.41) is 10.4. The molecule has 6 heteroatoms. The van der Waals surface area contributed by atoms with Gasteiger partial charge < -0.3 is 25.1 Å². The zero-order valence-electron chi connectivity index (χ0n) is 19.0. The molecule has 176 valence electrons. The molecule has 3 rings (SSSR count). The SMILES string of the molecule is NCCN(Cc1ccccc1)C[C@H](O)COc1ccc(CCOCCOCC2CC2)cc1. The summed E-state index contributed by atoms with van der Waals surface area (Å²) in [5.74, 6) is 1.56. The maximum absolute atomic E-state index is 10.4. The van der Waals surface area contributed by atoms with Crippen molar-refractivity contribution in [2.24, 2.45) is 11.7 Å². The van der Waals surface area contributed by atoms with E-state index in [0.29, 0.717) is 32.9 Å². The van der Waals surface area contributed by atoms with Gasteiger partial charge in [-0.2, -0.15) is 0 Å². The fourth-order valence-electron chi connectivity index (χ4n) is 3.50. The Labute approximate surface area is 192 Å². The number of nitrogens with zero attached hydrogens (tertiary/aromatic N) is 1. The minimum atomic E-state index is -0.583. The second-order valence-electron chi connectivity index (χ2n) is 8.50. The highest BCUT2D eigenvalue weighted by atomic mass is 16.5. The fourth-order valence-corrected chi connectivity index (χ4v) is 3.50. The second-order valence-corrected chi connectivity index (χ2v) is 8.50. The molecule has 1 fully saturated rings. The summed E-state index contributed by atoms with van der Waals surface area (Å²) in [6.45, 7) is 5.72. The van der Waals surface area contributed by atoms with Crippen LogP contribution in [0.1, 0.15) is 24.0 Å². The van der Waals surface area contributed by atoms with E-state index in [1.54, 1.807) is 0 Å². The highest BCUT2D eigenvalue weighted by Gasteiger charge is 2.20. The third-order valence-electron chi connectivity index (χ3n) is 5.49. The number of hydrogen-bond acceptors (Lipinski definition) is 6. The summed E-state index contributed by atoms with van der Waals surface area (Å²) in [6.07, 6.45) is 2.92. The van der Waals surface area contributed by atoms with Crippen LogP contribution in [0.4, 0.5) is 0 Å². The highest BCUT2D eigenvalue weighted by molar-refractivity contribution is 5.27. The molecular formula is C26H38N2O4. The largest absolute Gasteiger partial charge is 0.491 e. The van der Waals surface area contributed by atoms with Crippen LogP contribution in [-0.4, -0.2) is 68.8 Å². The third kappa shape index (κ3) is 10.1. The summed E-state index contributed by atoms with van der Waals surface area (Å²) in [4.78, 5) is 2.16. The Balaban J connectivity index is 1.29. The summed E-state index contributed by atoms with van der Waals surface area (Å²) >= 11 is 0. The molecule has 3 N–H and O–H groups in total. The van der Waals surface area contributed by atoms with Crippen molar-refractivity contribution in [3.05, 3.63) is 65.7 Å². The lowest BCUT2D eigenvalue weighted by Gasteiger charge is -2.24. The number of nitrogens with two attached hydrogens (primary N) is 1. The zero-order valence-corrected chi connectivity index (χ0v) is 19.0. The quantitative estimate of drug-likeness (QED) is 0.367. The third-order valence-corrected chi connectivity index (χ3v) is 5.49. The molecule has 1 atom stereocenters. The van der Waals surface area contributed by atoms with Gasteiger partial charge in [-0.15, -0.1) is 0 Å². The van der Waals surface area contributed by atoms with Gasteiger partial charge in [-0.25, -0.2) is 0 Å². The molecule has 0 aliphatic heterocycles. The van der Waals surface area contributed by atoms with E-state index in [9.17, 15) is 5.11 Å². The molecule has 1 saturated carbocycles. The lowest BCUT2D eigenvalue weighted by atomic mass is 10.1. The Morgan fingerprint density at radius 3 is 2.41 bits per heavy atom. The summed E-state index contributed by atoms with van der Waals surface area (Å²) < 4.78 is 17.0. The molecular weight excluding hydrogens is 404 g/mol. The first-order valence-corrected chi connectivity index (χ1v) is 11.7. The predicted molar refractivity (Wildman–Crippen MR) is 127 cm³/mol. The first kappa shape index (κ1) is 24.7. The maximum Gasteiger partial charge on any atom is 0.119 e. The Bertz CT molecular complexity index is 737. The first-order chi connectivity index (χ1) is 15.7. The van der Waals surface area contributed by atoms with Gasteiger partial charge in [0, 0.05) is 32.8 Å². The molecule has 1 aliphatic rings. The smallest absolute Gasteiger partial charge is 0.119 e. The second kappa shape index (κ2) is 14.2. The van der Waals surface area contributed by atoms with Crippen LogP contribution in [0.3, 0.4) is 0 Å². The summed E-state index contributed by atoms with van der Waals surface area (Å²) in [6, 6.07) is 18.2. The van der Waals surface area contributed by atoms with E-state index in [4.69, 9.17) is 19.9 Å². The van der Waals surface area contributed by atoms with Gasteiger partial charge >= 0.3 is 0 Å². The molecule has 0 heterocycles. The van der Waals surface area contributed by atoms with E-state index in [2.05, 4.69) is 17.0 Å². The van der Waals surface area contributed by atoms with Crippen molar-refractivity contribution in [2.45, 2.75) is 31.9 Å². The number of benzene rings is 2. The molecule has 0 saturated heterocycles. The van der Waals surface area contributed by atoms with Crippen molar-refractivity contribution < 1.29 is 19.3 Å². The molecule has 0 aromatic heterocycles. The van der Waals surface area contributed by atoms with Crippen molar-refractivity contribution in [3.8, 4) is 5.75 Å². The number of rotatable bonds is 17. The highest BCUT2D eigenvalue weighted by Crippen LogP contribution is 2.28. The van der Waals surface area contributed by atoms with Crippen molar-refractivity contribution in [2.75, 3.05) is 52.7 Å². The van der Waals surface area contributed by atoms with Gasteiger partial charge in [0.25, 0.3) is 0 Å². The van der Waals surface area contributed by atoms with Crippen LogP contribution in [0.2, 0.25) is 0 Å². The van der Waals surface area contributed by atoms with Crippen molar-refractivity contribution in [1.82, 2.24) is 4.90 Å².